The number of fused-ring (bicyclic) bond motifs is 1. The van der Waals surface area contributed by atoms with Crippen LogP contribution in [0.1, 0.15) is 25.8 Å². The van der Waals surface area contributed by atoms with E-state index in [2.05, 4.69) is 0 Å². The molecule has 0 aliphatic rings. The van der Waals surface area contributed by atoms with E-state index in [1.54, 1.807) is 24.3 Å². The van der Waals surface area contributed by atoms with Crippen molar-refractivity contribution in [3.05, 3.63) is 35.0 Å². The molecule has 0 bridgehead atoms. The maximum Gasteiger partial charge on any atom is 0.162 e. The highest BCUT2D eigenvalue weighted by molar-refractivity contribution is 6.31. The van der Waals surface area contributed by atoms with Crippen LogP contribution in [0.25, 0.3) is 11.0 Å². The van der Waals surface area contributed by atoms with Crippen LogP contribution < -0.4 is 5.73 Å². The lowest BCUT2D eigenvalue weighted by atomic mass is 9.90. The van der Waals surface area contributed by atoms with E-state index in [9.17, 15) is 4.39 Å². The van der Waals surface area contributed by atoms with Crippen LogP contribution in [0.2, 0.25) is 5.02 Å². The van der Waals surface area contributed by atoms with Crippen LogP contribution in [-0.2, 0) is 0 Å². The summed E-state index contributed by atoms with van der Waals surface area (Å²) in [7, 11) is 0. The fraction of sp³-hybridized carbons (Fsp3) is 0.429. The van der Waals surface area contributed by atoms with E-state index in [-0.39, 0.29) is 11.8 Å². The number of benzene rings is 1. The summed E-state index contributed by atoms with van der Waals surface area (Å²) in [5, 5.41) is 1.43. The fourth-order valence-electron chi connectivity index (χ4n) is 2.11. The molecule has 2 atom stereocenters. The molecule has 2 nitrogen and oxygen atoms in total. The zero-order valence-electron chi connectivity index (χ0n) is 10.5. The maximum absolute atomic E-state index is 14.4. The molecule has 1 heterocycles. The topological polar surface area (TPSA) is 39.2 Å². The average Bonchev–Trinajstić information content (AvgIpc) is 2.72. The van der Waals surface area contributed by atoms with Crippen LogP contribution >= 0.6 is 11.6 Å². The van der Waals surface area contributed by atoms with Crippen molar-refractivity contribution in [3.8, 4) is 0 Å². The molecule has 0 fully saturated rings. The molecule has 4 heteroatoms. The van der Waals surface area contributed by atoms with Crippen molar-refractivity contribution in [2.75, 3.05) is 6.54 Å². The van der Waals surface area contributed by atoms with Gasteiger partial charge in [-0.15, -0.1) is 0 Å². The van der Waals surface area contributed by atoms with Crippen LogP contribution in [0.5, 0.6) is 0 Å². The van der Waals surface area contributed by atoms with E-state index in [1.165, 1.54) is 0 Å². The Kier molecular flexibility index (Phi) is 3.93. The third-order valence-corrected chi connectivity index (χ3v) is 3.51. The Morgan fingerprint density at radius 3 is 2.67 bits per heavy atom. The van der Waals surface area contributed by atoms with Gasteiger partial charge in [0.05, 0.1) is 0 Å². The Hall–Kier alpha value is -1.06. The van der Waals surface area contributed by atoms with Crippen LogP contribution in [0.15, 0.2) is 28.7 Å². The first-order chi connectivity index (χ1) is 8.52. The van der Waals surface area contributed by atoms with Crippen LogP contribution in [-0.4, -0.2) is 6.54 Å². The summed E-state index contributed by atoms with van der Waals surface area (Å²) in [5.74, 6) is 0.263. The van der Waals surface area contributed by atoms with Gasteiger partial charge in [-0.2, -0.15) is 0 Å². The van der Waals surface area contributed by atoms with Crippen molar-refractivity contribution in [2.45, 2.75) is 20.0 Å². The molecular weight excluding hydrogens is 253 g/mol. The van der Waals surface area contributed by atoms with Gasteiger partial charge >= 0.3 is 0 Å². The highest BCUT2D eigenvalue weighted by Crippen LogP contribution is 2.34. The number of alkyl halides is 1. The summed E-state index contributed by atoms with van der Waals surface area (Å²) in [6.45, 7) is 4.23. The van der Waals surface area contributed by atoms with Gasteiger partial charge in [-0.1, -0.05) is 25.4 Å². The number of halogens is 2. The number of hydrogen-bond donors (Lipinski definition) is 1. The normalized spacial score (nSPS) is 15.2. The predicted octanol–water partition coefficient (Wildman–Crippen LogP) is 4.33. The Balaban J connectivity index is 2.35. The second kappa shape index (κ2) is 5.29. The van der Waals surface area contributed by atoms with E-state index in [0.29, 0.717) is 22.9 Å². The molecule has 0 aliphatic heterocycles. The second-order valence-electron chi connectivity index (χ2n) is 4.88. The van der Waals surface area contributed by atoms with Gasteiger partial charge in [0, 0.05) is 16.3 Å². The van der Waals surface area contributed by atoms with Crippen LogP contribution in [0.3, 0.4) is 0 Å². The Morgan fingerprint density at radius 2 is 2.06 bits per heavy atom. The van der Waals surface area contributed by atoms with Gasteiger partial charge in [0.15, 0.2) is 6.17 Å². The molecule has 0 radical (unpaired) electrons. The highest BCUT2D eigenvalue weighted by atomic mass is 35.5. The van der Waals surface area contributed by atoms with Crippen molar-refractivity contribution in [1.82, 2.24) is 0 Å². The van der Waals surface area contributed by atoms with Gasteiger partial charge in [0.1, 0.15) is 11.3 Å². The van der Waals surface area contributed by atoms with Crippen LogP contribution in [0.4, 0.5) is 4.39 Å². The lowest BCUT2D eigenvalue weighted by Gasteiger charge is -2.21. The Labute approximate surface area is 111 Å². The quantitative estimate of drug-likeness (QED) is 0.897. The molecule has 2 N–H and O–H groups in total. The third kappa shape index (κ3) is 2.52. The number of nitrogens with two attached hydrogens (primary N) is 1. The Bertz CT molecular complexity index is 538. The molecule has 0 saturated heterocycles. The van der Waals surface area contributed by atoms with Gasteiger partial charge in [-0.3, -0.25) is 0 Å². The van der Waals surface area contributed by atoms with E-state index in [4.69, 9.17) is 21.8 Å². The standard InChI is InChI=1S/C14H17ClFNO/c1-8(2)11(7-17)14(16)13-6-9-5-10(15)3-4-12(9)18-13/h3-6,8,11,14H,7,17H2,1-2H3. The summed E-state index contributed by atoms with van der Waals surface area (Å²) >= 11 is 5.89. The van der Waals surface area contributed by atoms with Gasteiger partial charge in [0.2, 0.25) is 0 Å². The number of rotatable bonds is 4. The molecule has 0 amide bonds. The minimum atomic E-state index is -1.18. The first-order valence-corrected chi connectivity index (χ1v) is 6.44. The van der Waals surface area contributed by atoms with E-state index in [0.717, 1.165) is 5.39 Å². The van der Waals surface area contributed by atoms with E-state index >= 15 is 0 Å². The summed E-state index contributed by atoms with van der Waals surface area (Å²) in [4.78, 5) is 0. The number of furan rings is 1. The molecule has 1 aromatic heterocycles. The van der Waals surface area contributed by atoms with Gasteiger partial charge in [0.25, 0.3) is 0 Å². The van der Waals surface area contributed by atoms with Crippen molar-refractivity contribution in [1.29, 1.82) is 0 Å². The van der Waals surface area contributed by atoms with Crippen molar-refractivity contribution in [2.24, 2.45) is 17.6 Å². The lowest BCUT2D eigenvalue weighted by Crippen LogP contribution is -2.24. The maximum atomic E-state index is 14.4. The summed E-state index contributed by atoms with van der Waals surface area (Å²) in [5.41, 5.74) is 6.28. The molecule has 18 heavy (non-hydrogen) atoms. The fourth-order valence-corrected chi connectivity index (χ4v) is 2.29. The van der Waals surface area contributed by atoms with Crippen LogP contribution in [0, 0.1) is 11.8 Å². The molecule has 2 aromatic rings. The zero-order valence-corrected chi connectivity index (χ0v) is 11.2. The van der Waals surface area contributed by atoms with Gasteiger partial charge in [-0.25, -0.2) is 4.39 Å². The van der Waals surface area contributed by atoms with Gasteiger partial charge in [-0.05, 0) is 36.7 Å². The first kappa shape index (κ1) is 13.4. The van der Waals surface area contributed by atoms with E-state index < -0.39 is 6.17 Å². The minimum absolute atomic E-state index is 0.168. The minimum Gasteiger partial charge on any atom is -0.458 e. The zero-order chi connectivity index (χ0) is 13.3. The summed E-state index contributed by atoms with van der Waals surface area (Å²) in [6, 6.07) is 6.95. The molecule has 98 valence electrons. The largest absolute Gasteiger partial charge is 0.458 e. The monoisotopic (exact) mass is 269 g/mol. The van der Waals surface area contributed by atoms with Crippen molar-refractivity contribution in [3.63, 3.8) is 0 Å². The predicted molar refractivity (Wildman–Crippen MR) is 72.5 cm³/mol. The highest BCUT2D eigenvalue weighted by Gasteiger charge is 2.27. The van der Waals surface area contributed by atoms with Crippen molar-refractivity contribution < 1.29 is 8.81 Å². The SMILES string of the molecule is CC(C)C(CN)C(F)c1cc2cc(Cl)ccc2o1. The molecule has 0 saturated carbocycles. The molecule has 1 aromatic carbocycles. The smallest absolute Gasteiger partial charge is 0.162 e. The third-order valence-electron chi connectivity index (χ3n) is 3.27. The molecule has 2 rings (SSSR count). The summed E-state index contributed by atoms with van der Waals surface area (Å²) < 4.78 is 19.9. The Morgan fingerprint density at radius 1 is 1.33 bits per heavy atom. The first-order valence-electron chi connectivity index (χ1n) is 6.06. The molecule has 0 spiro atoms. The molecule has 0 aliphatic carbocycles. The summed E-state index contributed by atoms with van der Waals surface area (Å²) in [6.07, 6.45) is -1.18. The van der Waals surface area contributed by atoms with E-state index in [1.807, 2.05) is 13.8 Å². The average molecular weight is 270 g/mol. The van der Waals surface area contributed by atoms with Crippen molar-refractivity contribution >= 4 is 22.6 Å². The molecule has 2 unspecified atom stereocenters. The molecular formula is C14H17ClFNO. The van der Waals surface area contributed by atoms with Gasteiger partial charge < -0.3 is 10.2 Å². The lowest BCUT2D eigenvalue weighted by molar-refractivity contribution is 0.164. The number of hydrogen-bond acceptors (Lipinski definition) is 2. The second-order valence-corrected chi connectivity index (χ2v) is 5.31.